The van der Waals surface area contributed by atoms with Gasteiger partial charge in [0.2, 0.25) is 21.5 Å². The molecule has 0 aliphatic rings. The number of aliphatic hydroxyl groups is 1. The molecule has 172 valence electrons. The fraction of sp³-hybridized carbons (Fsp3) is 0.474. The van der Waals surface area contributed by atoms with Crippen molar-refractivity contribution >= 4 is 15.9 Å². The van der Waals surface area contributed by atoms with E-state index in [1.54, 1.807) is 13.0 Å². The van der Waals surface area contributed by atoms with Crippen molar-refractivity contribution in [3.63, 3.8) is 0 Å². The molecule has 1 amide bonds. The van der Waals surface area contributed by atoms with Gasteiger partial charge < -0.3 is 15.0 Å². The zero-order valence-corrected chi connectivity index (χ0v) is 18.1. The van der Waals surface area contributed by atoms with E-state index in [4.69, 9.17) is 0 Å². The number of sulfonamides is 1. The number of carbonyl (C=O) groups excluding carboxylic acids is 1. The highest BCUT2D eigenvalue weighted by Gasteiger charge is 2.57. The number of nitrogens with zero attached hydrogens (tertiary/aromatic N) is 2. The van der Waals surface area contributed by atoms with Crippen LogP contribution in [-0.4, -0.2) is 48.2 Å². The smallest absolute Gasteiger partial charge is 0.374 e. The summed E-state index contributed by atoms with van der Waals surface area (Å²) in [5, 5.41) is 12.5. The fourth-order valence-corrected chi connectivity index (χ4v) is 4.00. The molecule has 8 nitrogen and oxygen atoms in total. The van der Waals surface area contributed by atoms with E-state index in [0.29, 0.717) is 0 Å². The Labute approximate surface area is 178 Å². The van der Waals surface area contributed by atoms with Gasteiger partial charge in [-0.25, -0.2) is 18.1 Å². The van der Waals surface area contributed by atoms with E-state index in [0.717, 1.165) is 21.9 Å². The molecule has 3 N–H and O–H groups in total. The standard InChI is InChI=1S/C19H25F3N4O4S/c1-13-4-5-15(12-14(13)2)31(29,30)25-8-6-16(27)23-9-7-18(28,19(20,21)22)17-24-10-11-26(17)3/h4-5,10-12,25,28H,6-9H2,1-3H3,(H,23,27). The van der Waals surface area contributed by atoms with Crippen molar-refractivity contribution in [3.05, 3.63) is 47.5 Å². The Bertz CT molecular complexity index is 1040. The van der Waals surface area contributed by atoms with Crippen molar-refractivity contribution in [1.82, 2.24) is 19.6 Å². The summed E-state index contributed by atoms with van der Waals surface area (Å²) in [6.45, 7) is 2.90. The maximum atomic E-state index is 13.4. The number of hydrogen-bond acceptors (Lipinski definition) is 5. The lowest BCUT2D eigenvalue weighted by Gasteiger charge is -2.30. The number of carbonyl (C=O) groups is 1. The molecule has 0 saturated heterocycles. The van der Waals surface area contributed by atoms with E-state index >= 15 is 0 Å². The zero-order valence-electron chi connectivity index (χ0n) is 17.3. The topological polar surface area (TPSA) is 113 Å². The van der Waals surface area contributed by atoms with Crippen LogP contribution in [0, 0.1) is 13.8 Å². The fourth-order valence-electron chi connectivity index (χ4n) is 2.88. The van der Waals surface area contributed by atoms with E-state index in [-0.39, 0.29) is 17.9 Å². The lowest BCUT2D eigenvalue weighted by Crippen LogP contribution is -2.46. The van der Waals surface area contributed by atoms with Crippen LogP contribution in [0.4, 0.5) is 13.2 Å². The summed E-state index contributed by atoms with van der Waals surface area (Å²) in [5.74, 6) is -1.25. The number of aromatic nitrogens is 2. The van der Waals surface area contributed by atoms with E-state index in [1.165, 1.54) is 25.4 Å². The monoisotopic (exact) mass is 462 g/mol. The molecule has 0 bridgehead atoms. The van der Waals surface area contributed by atoms with Gasteiger partial charge in [0.1, 0.15) is 5.82 Å². The second kappa shape index (κ2) is 9.37. The molecule has 12 heteroatoms. The highest BCUT2D eigenvalue weighted by molar-refractivity contribution is 7.89. The first-order valence-corrected chi connectivity index (χ1v) is 10.9. The Balaban J connectivity index is 1.89. The summed E-state index contributed by atoms with van der Waals surface area (Å²) in [7, 11) is -2.50. The zero-order chi connectivity index (χ0) is 23.4. The van der Waals surface area contributed by atoms with Gasteiger partial charge >= 0.3 is 6.18 Å². The van der Waals surface area contributed by atoms with Gasteiger partial charge in [0, 0.05) is 45.4 Å². The number of imidazole rings is 1. The molecule has 1 aromatic heterocycles. The molecular weight excluding hydrogens is 437 g/mol. The lowest BCUT2D eigenvalue weighted by molar-refractivity contribution is -0.272. The van der Waals surface area contributed by atoms with Gasteiger partial charge in [0.25, 0.3) is 0 Å². The molecule has 0 radical (unpaired) electrons. The minimum Gasteiger partial charge on any atom is -0.374 e. The summed E-state index contributed by atoms with van der Waals surface area (Å²) >= 11 is 0. The normalized spacial score (nSPS) is 14.3. The van der Waals surface area contributed by atoms with E-state index in [1.807, 2.05) is 6.92 Å². The van der Waals surface area contributed by atoms with E-state index in [2.05, 4.69) is 15.0 Å². The third-order valence-corrected chi connectivity index (χ3v) is 6.36. The molecular formula is C19H25F3N4O4S. The van der Waals surface area contributed by atoms with Gasteiger partial charge in [-0.1, -0.05) is 6.07 Å². The van der Waals surface area contributed by atoms with Gasteiger partial charge in [-0.3, -0.25) is 4.79 Å². The van der Waals surface area contributed by atoms with Crippen LogP contribution in [0.3, 0.4) is 0 Å². The van der Waals surface area contributed by atoms with E-state index in [9.17, 15) is 31.5 Å². The first kappa shape index (κ1) is 24.8. The Morgan fingerprint density at radius 3 is 2.42 bits per heavy atom. The largest absolute Gasteiger partial charge is 0.424 e. The minimum atomic E-state index is -5.00. The SMILES string of the molecule is Cc1ccc(S(=O)(=O)NCCC(=O)NCCC(O)(c2nccn2C)C(F)(F)F)cc1C. The van der Waals surface area contributed by atoms with Crippen LogP contribution >= 0.6 is 0 Å². The van der Waals surface area contributed by atoms with Crippen molar-refractivity contribution in [1.29, 1.82) is 0 Å². The number of nitrogens with one attached hydrogen (secondary N) is 2. The number of benzene rings is 1. The number of aryl methyl sites for hydroxylation is 3. The molecule has 1 unspecified atom stereocenters. The number of rotatable bonds is 9. The average Bonchev–Trinajstić information content (AvgIpc) is 3.09. The second-order valence-electron chi connectivity index (χ2n) is 7.21. The van der Waals surface area contributed by atoms with Crippen LogP contribution in [0.1, 0.15) is 29.8 Å². The Hall–Kier alpha value is -2.44. The molecule has 1 atom stereocenters. The number of hydrogen-bond donors (Lipinski definition) is 3. The Morgan fingerprint density at radius 1 is 1.19 bits per heavy atom. The molecule has 0 aliphatic heterocycles. The minimum absolute atomic E-state index is 0.0568. The van der Waals surface area contributed by atoms with Crippen LogP contribution in [0.5, 0.6) is 0 Å². The summed E-state index contributed by atoms with van der Waals surface area (Å²) < 4.78 is 68.2. The van der Waals surface area contributed by atoms with Gasteiger partial charge in [-0.05, 0) is 37.1 Å². The highest BCUT2D eigenvalue weighted by atomic mass is 32.2. The number of amides is 1. The van der Waals surface area contributed by atoms with Crippen LogP contribution < -0.4 is 10.0 Å². The van der Waals surface area contributed by atoms with Crippen molar-refractivity contribution in [2.24, 2.45) is 7.05 Å². The molecule has 0 spiro atoms. The Kier molecular flexibility index (Phi) is 7.50. The van der Waals surface area contributed by atoms with Gasteiger partial charge in [-0.2, -0.15) is 13.2 Å². The van der Waals surface area contributed by atoms with Crippen molar-refractivity contribution in [3.8, 4) is 0 Å². The predicted molar refractivity (Wildman–Crippen MR) is 107 cm³/mol. The molecule has 1 aromatic carbocycles. The van der Waals surface area contributed by atoms with Crippen LogP contribution in [0.2, 0.25) is 0 Å². The quantitative estimate of drug-likeness (QED) is 0.525. The highest BCUT2D eigenvalue weighted by Crippen LogP contribution is 2.40. The third kappa shape index (κ3) is 5.83. The average molecular weight is 462 g/mol. The van der Waals surface area contributed by atoms with Crippen LogP contribution in [-0.2, 0) is 27.5 Å². The van der Waals surface area contributed by atoms with Crippen molar-refractivity contribution < 1.29 is 31.5 Å². The number of alkyl halides is 3. The Morgan fingerprint density at radius 2 is 1.87 bits per heavy atom. The molecule has 31 heavy (non-hydrogen) atoms. The summed E-state index contributed by atoms with van der Waals surface area (Å²) in [6.07, 6.45) is -3.73. The van der Waals surface area contributed by atoms with Gasteiger partial charge in [0.05, 0.1) is 4.90 Å². The van der Waals surface area contributed by atoms with Crippen LogP contribution in [0.15, 0.2) is 35.5 Å². The maximum Gasteiger partial charge on any atom is 0.424 e. The van der Waals surface area contributed by atoms with Crippen LogP contribution in [0.25, 0.3) is 0 Å². The van der Waals surface area contributed by atoms with E-state index < -0.39 is 46.5 Å². The first-order valence-electron chi connectivity index (χ1n) is 9.38. The lowest BCUT2D eigenvalue weighted by atomic mass is 9.97. The van der Waals surface area contributed by atoms with Crippen molar-refractivity contribution in [2.45, 2.75) is 43.4 Å². The van der Waals surface area contributed by atoms with Gasteiger partial charge in [0.15, 0.2) is 0 Å². The molecule has 0 aliphatic carbocycles. The molecule has 1 heterocycles. The second-order valence-corrected chi connectivity index (χ2v) is 8.98. The molecule has 2 rings (SSSR count). The molecule has 0 saturated carbocycles. The maximum absolute atomic E-state index is 13.4. The first-order chi connectivity index (χ1) is 14.3. The van der Waals surface area contributed by atoms with Crippen molar-refractivity contribution in [2.75, 3.05) is 13.1 Å². The molecule has 2 aromatic rings. The molecule has 0 fully saturated rings. The number of halogens is 3. The summed E-state index contributed by atoms with van der Waals surface area (Å²) in [5.41, 5.74) is -1.50. The summed E-state index contributed by atoms with van der Waals surface area (Å²) in [6, 6.07) is 4.62. The predicted octanol–water partition coefficient (Wildman–Crippen LogP) is 1.66. The van der Waals surface area contributed by atoms with Gasteiger partial charge in [-0.15, -0.1) is 0 Å². The third-order valence-electron chi connectivity index (χ3n) is 4.90. The summed E-state index contributed by atoms with van der Waals surface area (Å²) in [4.78, 5) is 15.6.